The van der Waals surface area contributed by atoms with Crippen molar-refractivity contribution in [1.29, 1.82) is 0 Å². The molecule has 7 nitrogen and oxygen atoms in total. The van der Waals surface area contributed by atoms with Gasteiger partial charge in [0, 0.05) is 12.3 Å². The number of rotatable bonds is 6. The van der Waals surface area contributed by atoms with Crippen molar-refractivity contribution in [1.82, 2.24) is 19.2 Å². The smallest absolute Gasteiger partial charge is 0.262 e. The van der Waals surface area contributed by atoms with Crippen molar-refractivity contribution in [3.8, 4) is 0 Å². The third-order valence-corrected chi connectivity index (χ3v) is 5.64. The number of nitrogens with zero attached hydrogens (tertiary/aromatic N) is 4. The summed E-state index contributed by atoms with van der Waals surface area (Å²) in [5, 5.41) is 10.2. The largest absolute Gasteiger partial charge is 0.355 e. The van der Waals surface area contributed by atoms with Gasteiger partial charge < -0.3 is 9.47 Å². The summed E-state index contributed by atoms with van der Waals surface area (Å²) in [7, 11) is 0. The van der Waals surface area contributed by atoms with E-state index in [1.165, 1.54) is 0 Å². The predicted molar refractivity (Wildman–Crippen MR) is 101 cm³/mol. The highest BCUT2D eigenvalue weighted by Crippen LogP contribution is 2.24. The summed E-state index contributed by atoms with van der Waals surface area (Å²) in [5.74, 6) is 1.39. The van der Waals surface area contributed by atoms with Crippen molar-refractivity contribution >= 4 is 28.4 Å². The molecule has 138 valence electrons. The summed E-state index contributed by atoms with van der Waals surface area (Å²) >= 11 is 1.61. The Hall–Kier alpha value is -1.90. The van der Waals surface area contributed by atoms with E-state index in [1.54, 1.807) is 16.3 Å². The van der Waals surface area contributed by atoms with Crippen molar-refractivity contribution in [3.05, 3.63) is 34.6 Å². The first-order valence-electron chi connectivity index (χ1n) is 8.98. The van der Waals surface area contributed by atoms with Crippen LogP contribution >= 0.6 is 11.8 Å². The molecule has 0 aliphatic carbocycles. The summed E-state index contributed by atoms with van der Waals surface area (Å²) in [5.41, 5.74) is 0.846. The fourth-order valence-electron chi connectivity index (χ4n) is 3.15. The van der Waals surface area contributed by atoms with Gasteiger partial charge in [-0.15, -0.1) is 10.2 Å². The number of aryl methyl sites for hydroxylation is 1. The van der Waals surface area contributed by atoms with Gasteiger partial charge in [0.2, 0.25) is 5.78 Å². The van der Waals surface area contributed by atoms with Crippen LogP contribution in [0.5, 0.6) is 0 Å². The number of ether oxygens (including phenoxy) is 2. The minimum Gasteiger partial charge on any atom is -0.355 e. The molecule has 4 rings (SSSR count). The Morgan fingerprint density at radius 2 is 2.19 bits per heavy atom. The molecule has 1 aliphatic heterocycles. The van der Waals surface area contributed by atoms with Gasteiger partial charge in [-0.3, -0.25) is 13.8 Å². The van der Waals surface area contributed by atoms with E-state index in [0.717, 1.165) is 42.3 Å². The van der Waals surface area contributed by atoms with E-state index in [1.807, 2.05) is 28.7 Å². The van der Waals surface area contributed by atoms with Crippen molar-refractivity contribution in [2.75, 3.05) is 19.2 Å². The molecule has 0 bridgehead atoms. The average molecular weight is 374 g/mol. The normalized spacial score (nSPS) is 18.0. The van der Waals surface area contributed by atoms with Gasteiger partial charge in [0.1, 0.15) is 6.79 Å². The summed E-state index contributed by atoms with van der Waals surface area (Å²) in [6.45, 7) is 3.84. The molecule has 2 aromatic heterocycles. The van der Waals surface area contributed by atoms with Crippen LogP contribution in [0.25, 0.3) is 16.7 Å². The van der Waals surface area contributed by atoms with Crippen molar-refractivity contribution in [2.45, 2.75) is 44.0 Å². The number of fused-ring (bicyclic) bond motifs is 3. The molecule has 0 spiro atoms. The van der Waals surface area contributed by atoms with Gasteiger partial charge >= 0.3 is 0 Å². The summed E-state index contributed by atoms with van der Waals surface area (Å²) in [4.78, 5) is 12.9. The first kappa shape index (κ1) is 17.5. The van der Waals surface area contributed by atoms with Gasteiger partial charge in [0.05, 0.1) is 23.6 Å². The lowest BCUT2D eigenvalue weighted by atomic mass is 10.2. The maximum atomic E-state index is 12.9. The van der Waals surface area contributed by atoms with Crippen LogP contribution in [0.1, 0.15) is 26.2 Å². The molecular weight excluding hydrogens is 352 g/mol. The molecular formula is C18H22N4O3S. The van der Waals surface area contributed by atoms with Crippen LogP contribution in [0.15, 0.2) is 34.2 Å². The highest BCUT2D eigenvalue weighted by Gasteiger charge is 2.19. The van der Waals surface area contributed by atoms with E-state index in [2.05, 4.69) is 17.1 Å². The molecule has 0 N–H and O–H groups in total. The number of unbranched alkanes of at least 4 members (excludes halogenated alkanes) is 1. The molecule has 3 heterocycles. The van der Waals surface area contributed by atoms with Gasteiger partial charge in [-0.05, 0) is 25.0 Å². The van der Waals surface area contributed by atoms with Gasteiger partial charge in [0.25, 0.3) is 5.56 Å². The molecule has 8 heteroatoms. The monoisotopic (exact) mass is 374 g/mol. The Kier molecular flexibility index (Phi) is 5.23. The maximum absolute atomic E-state index is 12.9. The summed E-state index contributed by atoms with van der Waals surface area (Å²) in [6.07, 6.45) is 2.98. The second-order valence-electron chi connectivity index (χ2n) is 6.36. The Morgan fingerprint density at radius 3 is 3.00 bits per heavy atom. The molecule has 3 aromatic rings. The van der Waals surface area contributed by atoms with Crippen LogP contribution in [0, 0.1) is 0 Å². The lowest BCUT2D eigenvalue weighted by Gasteiger charge is -2.21. The molecule has 0 radical (unpaired) electrons. The van der Waals surface area contributed by atoms with Crippen LogP contribution in [0.4, 0.5) is 0 Å². The van der Waals surface area contributed by atoms with Crippen LogP contribution < -0.4 is 5.56 Å². The highest BCUT2D eigenvalue weighted by molar-refractivity contribution is 7.99. The van der Waals surface area contributed by atoms with Crippen LogP contribution in [-0.2, 0) is 16.0 Å². The topological polar surface area (TPSA) is 70.7 Å². The zero-order valence-electron chi connectivity index (χ0n) is 14.8. The Morgan fingerprint density at radius 1 is 1.31 bits per heavy atom. The molecule has 1 aromatic carbocycles. The fraction of sp³-hybridized carbons (Fsp3) is 0.500. The number of hydrogen-bond donors (Lipinski definition) is 0. The number of hydrogen-bond acceptors (Lipinski definition) is 6. The van der Waals surface area contributed by atoms with Gasteiger partial charge in [-0.1, -0.05) is 37.2 Å². The van der Waals surface area contributed by atoms with E-state index in [9.17, 15) is 4.79 Å². The zero-order chi connectivity index (χ0) is 17.9. The lowest BCUT2D eigenvalue weighted by Crippen LogP contribution is -2.26. The number of benzene rings is 1. The van der Waals surface area contributed by atoms with Crippen molar-refractivity contribution < 1.29 is 9.47 Å². The van der Waals surface area contributed by atoms with Gasteiger partial charge in [-0.25, -0.2) is 0 Å². The zero-order valence-corrected chi connectivity index (χ0v) is 15.6. The van der Waals surface area contributed by atoms with Crippen molar-refractivity contribution in [3.63, 3.8) is 0 Å². The average Bonchev–Trinajstić information content (AvgIpc) is 3.11. The predicted octanol–water partition coefficient (Wildman–Crippen LogP) is 2.70. The SMILES string of the molecule is CCCCn1c(=O)c2ccccc2n2c(SC[C@@H]3CCOCO3)nnc12. The quantitative estimate of drug-likeness (QED) is 0.618. The van der Waals surface area contributed by atoms with Crippen LogP contribution in [0.3, 0.4) is 0 Å². The first-order valence-corrected chi connectivity index (χ1v) is 9.97. The van der Waals surface area contributed by atoms with Crippen LogP contribution in [-0.4, -0.2) is 44.4 Å². The second-order valence-corrected chi connectivity index (χ2v) is 7.35. The van der Waals surface area contributed by atoms with E-state index < -0.39 is 0 Å². The van der Waals surface area contributed by atoms with Crippen LogP contribution in [0.2, 0.25) is 0 Å². The Bertz CT molecular complexity index is 962. The third kappa shape index (κ3) is 3.24. The number of aromatic nitrogens is 4. The molecule has 1 saturated heterocycles. The molecule has 1 atom stereocenters. The Labute approximate surface area is 155 Å². The third-order valence-electron chi connectivity index (χ3n) is 4.58. The minimum absolute atomic E-state index is 0.00161. The maximum Gasteiger partial charge on any atom is 0.262 e. The van der Waals surface area contributed by atoms with Gasteiger partial charge in [0.15, 0.2) is 5.16 Å². The van der Waals surface area contributed by atoms with E-state index in [-0.39, 0.29) is 11.7 Å². The number of thioether (sulfide) groups is 1. The van der Waals surface area contributed by atoms with E-state index in [4.69, 9.17) is 9.47 Å². The molecule has 0 saturated carbocycles. The molecule has 26 heavy (non-hydrogen) atoms. The molecule has 0 unspecified atom stereocenters. The molecule has 0 amide bonds. The second kappa shape index (κ2) is 7.77. The first-order chi connectivity index (χ1) is 12.8. The molecule has 1 aliphatic rings. The fourth-order valence-corrected chi connectivity index (χ4v) is 4.15. The number of para-hydroxylation sites is 1. The summed E-state index contributed by atoms with van der Waals surface area (Å²) in [6, 6.07) is 7.66. The van der Waals surface area contributed by atoms with Crippen molar-refractivity contribution in [2.24, 2.45) is 0 Å². The highest BCUT2D eigenvalue weighted by atomic mass is 32.2. The standard InChI is InChI=1S/C18H22N4O3S/c1-2-3-9-21-16(23)14-6-4-5-7-15(14)22-17(21)19-20-18(22)26-11-13-8-10-24-12-25-13/h4-7,13H,2-3,8-12H2,1H3/t13-/m0/s1. The minimum atomic E-state index is -0.00161. The molecule has 1 fully saturated rings. The van der Waals surface area contributed by atoms with E-state index >= 15 is 0 Å². The Balaban J connectivity index is 1.77. The lowest BCUT2D eigenvalue weighted by molar-refractivity contribution is -0.130. The van der Waals surface area contributed by atoms with Gasteiger partial charge in [-0.2, -0.15) is 0 Å². The van der Waals surface area contributed by atoms with E-state index in [0.29, 0.717) is 24.5 Å². The summed E-state index contributed by atoms with van der Waals surface area (Å²) < 4.78 is 14.6.